The van der Waals surface area contributed by atoms with Gasteiger partial charge in [-0.2, -0.15) is 44.6 Å². The van der Waals surface area contributed by atoms with Gasteiger partial charge >= 0.3 is 18.5 Å². The minimum atomic E-state index is -5.06. The van der Waals surface area contributed by atoms with Gasteiger partial charge in [0.1, 0.15) is 0 Å². The lowest BCUT2D eigenvalue weighted by atomic mass is 10.0. The summed E-state index contributed by atoms with van der Waals surface area (Å²) in [7, 11) is 1.70. The monoisotopic (exact) mass is 670 g/mol. The largest absolute Gasteiger partial charge is 0.416 e. The lowest BCUT2D eigenvalue weighted by molar-refractivity contribution is -0.143. The Morgan fingerprint density at radius 1 is 0.851 bits per heavy atom. The number of benzene rings is 2. The second-order valence-corrected chi connectivity index (χ2v) is 11.2. The van der Waals surface area contributed by atoms with Crippen LogP contribution in [-0.2, 0) is 32.1 Å². The van der Waals surface area contributed by atoms with E-state index in [-0.39, 0.29) is 47.8 Å². The van der Waals surface area contributed by atoms with Gasteiger partial charge in [0.2, 0.25) is 5.95 Å². The van der Waals surface area contributed by atoms with E-state index >= 15 is 0 Å². The van der Waals surface area contributed by atoms with E-state index in [4.69, 9.17) is 0 Å². The molecule has 2 aromatic carbocycles. The summed E-state index contributed by atoms with van der Waals surface area (Å²) < 4.78 is 124. The summed E-state index contributed by atoms with van der Waals surface area (Å²) in [4.78, 5) is 23.9. The van der Waals surface area contributed by atoms with E-state index in [9.17, 15) is 44.3 Å². The fourth-order valence-electron chi connectivity index (χ4n) is 5.75. The van der Waals surface area contributed by atoms with Crippen LogP contribution in [0.1, 0.15) is 52.4 Å². The predicted molar refractivity (Wildman–Crippen MR) is 154 cm³/mol. The van der Waals surface area contributed by atoms with E-state index < -0.39 is 47.8 Å². The number of hydrogen-bond donors (Lipinski definition) is 0. The summed E-state index contributed by atoms with van der Waals surface area (Å²) in [6.45, 7) is 1.42. The molecule has 0 aliphatic carbocycles. The molecule has 0 N–H and O–H groups in total. The van der Waals surface area contributed by atoms with Gasteiger partial charge in [-0.15, -0.1) is 0 Å². The first-order valence-electron chi connectivity index (χ1n) is 14.3. The molecule has 47 heavy (non-hydrogen) atoms. The van der Waals surface area contributed by atoms with Crippen LogP contribution in [0.3, 0.4) is 0 Å². The Bertz CT molecular complexity index is 1700. The molecular weight excluding hydrogens is 643 g/mol. The van der Waals surface area contributed by atoms with Gasteiger partial charge in [-0.3, -0.25) is 9.48 Å². The van der Waals surface area contributed by atoms with Gasteiger partial charge in [0, 0.05) is 67.1 Å². The van der Waals surface area contributed by atoms with Crippen LogP contribution in [0.4, 0.5) is 51.1 Å². The first kappa shape index (κ1) is 33.7. The summed E-state index contributed by atoms with van der Waals surface area (Å²) in [5.41, 5.74) is -3.04. The number of hydrogen-bond acceptors (Lipinski definition) is 6. The smallest absolute Gasteiger partial charge is 0.366 e. The van der Waals surface area contributed by atoms with Crippen molar-refractivity contribution in [3.05, 3.63) is 89.0 Å². The highest BCUT2D eigenvalue weighted by Crippen LogP contribution is 2.39. The maximum atomic E-state index is 13.7. The fourth-order valence-corrected chi connectivity index (χ4v) is 5.75. The van der Waals surface area contributed by atoms with Crippen LogP contribution in [0.2, 0.25) is 0 Å². The maximum absolute atomic E-state index is 13.7. The van der Waals surface area contributed by atoms with Crippen molar-refractivity contribution in [1.82, 2.24) is 19.7 Å². The predicted octanol–water partition coefficient (Wildman–Crippen LogP) is 7.81. The zero-order valence-electron chi connectivity index (χ0n) is 24.8. The third-order valence-corrected chi connectivity index (χ3v) is 8.03. The van der Waals surface area contributed by atoms with E-state index in [0.717, 1.165) is 12.1 Å². The van der Waals surface area contributed by atoms with Crippen molar-refractivity contribution in [1.29, 1.82) is 0 Å². The van der Waals surface area contributed by atoms with E-state index in [1.54, 1.807) is 29.0 Å². The quantitative estimate of drug-likeness (QED) is 0.141. The molecular formula is C31H27F9N6O. The molecule has 0 spiro atoms. The molecule has 2 aromatic heterocycles. The second kappa shape index (κ2) is 12.5. The number of aldehydes is 1. The fraction of sp³-hybridized carbons (Fsp3) is 0.355. The minimum absolute atomic E-state index is 0.00773. The molecule has 0 radical (unpaired) electrons. The van der Waals surface area contributed by atoms with Crippen LogP contribution in [0.5, 0.6) is 0 Å². The second-order valence-electron chi connectivity index (χ2n) is 11.2. The number of carbonyl (C=O) groups excluding carboxylic acids is 1. The van der Waals surface area contributed by atoms with Crippen LogP contribution >= 0.6 is 0 Å². The third kappa shape index (κ3) is 7.36. The number of rotatable bonds is 8. The molecule has 2 unspecified atom stereocenters. The van der Waals surface area contributed by atoms with Crippen LogP contribution in [-0.4, -0.2) is 44.7 Å². The van der Waals surface area contributed by atoms with E-state index in [2.05, 4.69) is 15.1 Å². The van der Waals surface area contributed by atoms with Crippen molar-refractivity contribution < 1.29 is 44.3 Å². The first-order chi connectivity index (χ1) is 22.0. The highest BCUT2D eigenvalue weighted by Gasteiger charge is 2.40. The number of aromatic nitrogens is 4. The molecule has 0 bridgehead atoms. The number of aryl methyl sites for hydroxylation is 1. The van der Waals surface area contributed by atoms with Gasteiger partial charge < -0.3 is 9.80 Å². The summed E-state index contributed by atoms with van der Waals surface area (Å²) in [5, 5.41) is 4.09. The Balaban J connectivity index is 1.56. The summed E-state index contributed by atoms with van der Waals surface area (Å²) in [6, 6.07) is 3.11. The summed E-state index contributed by atoms with van der Waals surface area (Å²) in [5.74, 6) is 0.00773. The molecule has 1 aliphatic rings. The van der Waals surface area contributed by atoms with Crippen molar-refractivity contribution in [2.75, 3.05) is 16.3 Å². The number of anilines is 2. The van der Waals surface area contributed by atoms with Crippen molar-refractivity contribution in [2.24, 2.45) is 7.05 Å². The van der Waals surface area contributed by atoms with Gasteiger partial charge in [-0.25, -0.2) is 9.97 Å². The average molecular weight is 671 g/mol. The van der Waals surface area contributed by atoms with Crippen molar-refractivity contribution >= 4 is 17.9 Å². The van der Waals surface area contributed by atoms with Gasteiger partial charge in [0.05, 0.1) is 28.9 Å². The van der Waals surface area contributed by atoms with E-state index in [1.807, 2.05) is 6.92 Å². The number of nitrogens with zero attached hydrogens (tertiary/aromatic N) is 6. The molecule has 5 rings (SSSR count). The Kier molecular flexibility index (Phi) is 8.99. The number of carbonyl (C=O) groups is 1. The van der Waals surface area contributed by atoms with Crippen molar-refractivity contribution in [3.8, 4) is 11.1 Å². The highest BCUT2D eigenvalue weighted by molar-refractivity contribution is 5.85. The maximum Gasteiger partial charge on any atom is 0.416 e. The van der Waals surface area contributed by atoms with Crippen LogP contribution in [0, 0.1) is 0 Å². The molecule has 250 valence electrons. The third-order valence-electron chi connectivity index (χ3n) is 8.03. The molecule has 3 heterocycles. The Morgan fingerprint density at radius 2 is 1.47 bits per heavy atom. The van der Waals surface area contributed by atoms with Crippen molar-refractivity contribution in [2.45, 2.75) is 56.9 Å². The van der Waals surface area contributed by atoms with Crippen LogP contribution in [0.15, 0.2) is 61.2 Å². The minimum Gasteiger partial charge on any atom is -0.366 e. The highest BCUT2D eigenvalue weighted by atomic mass is 19.4. The topological polar surface area (TPSA) is 67.2 Å². The zero-order valence-corrected chi connectivity index (χ0v) is 24.8. The average Bonchev–Trinajstić information content (AvgIpc) is 3.64. The SMILES string of the molecule is CCC1CC(N(Cc2cc(C(F)(F)F)cc(C(F)(F)F)c2)c2ncc(-c3cnn(C)c3)cn2)CN1c1ccc(C(F)(F)F)cc1C=O. The van der Waals surface area contributed by atoms with Crippen LogP contribution in [0.25, 0.3) is 11.1 Å². The normalized spacial score (nSPS) is 17.3. The molecule has 1 saturated heterocycles. The van der Waals surface area contributed by atoms with Gasteiger partial charge in [-0.05, 0) is 54.8 Å². The molecule has 2 atom stereocenters. The molecule has 1 fully saturated rings. The lowest BCUT2D eigenvalue weighted by Crippen LogP contribution is -2.39. The molecule has 7 nitrogen and oxygen atoms in total. The van der Waals surface area contributed by atoms with E-state index in [1.165, 1.54) is 23.4 Å². The van der Waals surface area contributed by atoms with E-state index in [0.29, 0.717) is 36.0 Å². The first-order valence-corrected chi connectivity index (χ1v) is 14.3. The molecule has 0 saturated carbocycles. The van der Waals surface area contributed by atoms with Gasteiger partial charge in [0.25, 0.3) is 0 Å². The van der Waals surface area contributed by atoms with Gasteiger partial charge in [0.15, 0.2) is 6.29 Å². The molecule has 4 aromatic rings. The Morgan fingerprint density at radius 3 is 1.98 bits per heavy atom. The Hall–Kier alpha value is -4.63. The van der Waals surface area contributed by atoms with Crippen molar-refractivity contribution in [3.63, 3.8) is 0 Å². The van der Waals surface area contributed by atoms with Gasteiger partial charge in [-0.1, -0.05) is 6.92 Å². The molecule has 1 aliphatic heterocycles. The molecule has 0 amide bonds. The Labute approximate surface area is 262 Å². The van der Waals surface area contributed by atoms with Crippen LogP contribution < -0.4 is 9.80 Å². The lowest BCUT2D eigenvalue weighted by Gasteiger charge is -2.30. The number of alkyl halides is 9. The standard InChI is InChI=1S/C31H27F9N6O/c1-3-25-10-26(16-45(25)27-5-4-22(29(32,33)34)8-19(27)17-47)46(28-41-11-20(12-42-28)21-13-43-44(2)15-21)14-18-6-23(30(35,36)37)9-24(7-18)31(38,39)40/h4-9,11-13,15,17,25-26H,3,10,14,16H2,1-2H3. The summed E-state index contributed by atoms with van der Waals surface area (Å²) in [6.07, 6.45) is -7.59. The summed E-state index contributed by atoms with van der Waals surface area (Å²) >= 11 is 0. The number of halogens is 9. The zero-order chi connectivity index (χ0) is 34.3. The molecule has 16 heteroatoms.